The predicted molar refractivity (Wildman–Crippen MR) is 232 cm³/mol. The number of nitrogen functional groups attached to an aromatic ring is 1. The molecule has 0 bridgehead atoms. The molecule has 4 heterocycles. The number of nitrogens with zero attached hydrogens (tertiary/aromatic N) is 5. The van der Waals surface area contributed by atoms with Crippen LogP contribution in [0.4, 0.5) is 10.2 Å². The molecule has 12 nitrogen and oxygen atoms in total. The molecule has 3 amide bonds. The summed E-state index contributed by atoms with van der Waals surface area (Å²) in [6.07, 6.45) is 2.99. The van der Waals surface area contributed by atoms with Crippen LogP contribution in [0.2, 0.25) is 0 Å². The SMILES string of the molecule is Cc1ncsc1-c1ccc(C(C)NC(=O)C2CCCN2C(=O)C(NC(=O)CN2CCC(c3ccc(-c4cc(-c5cc(F)ccc5O)nnc4N)cc3)CC2)C(C)(C)C)cc1. The van der Waals surface area contributed by atoms with Gasteiger partial charge in [0, 0.05) is 17.7 Å². The molecule has 2 aliphatic rings. The molecule has 5 N–H and O–H groups in total. The van der Waals surface area contributed by atoms with Crippen LogP contribution in [0, 0.1) is 18.2 Å². The average Bonchev–Trinajstić information content (AvgIpc) is 3.91. The van der Waals surface area contributed by atoms with Gasteiger partial charge in [-0.3, -0.25) is 19.3 Å². The highest BCUT2D eigenvalue weighted by molar-refractivity contribution is 7.13. The number of phenols is 1. The van der Waals surface area contributed by atoms with Crippen molar-refractivity contribution in [3.63, 3.8) is 0 Å². The average molecular weight is 833 g/mol. The number of likely N-dealkylation sites (tertiary alicyclic amines) is 2. The number of aryl methyl sites for hydroxylation is 1. The molecule has 2 fully saturated rings. The van der Waals surface area contributed by atoms with Crippen molar-refractivity contribution in [3.05, 3.63) is 101 Å². The van der Waals surface area contributed by atoms with E-state index in [0.29, 0.717) is 36.6 Å². The number of hydrogen-bond donors (Lipinski definition) is 4. The topological polar surface area (TPSA) is 167 Å². The van der Waals surface area contributed by atoms with Crippen LogP contribution < -0.4 is 16.4 Å². The number of aromatic nitrogens is 3. The Hall–Kier alpha value is -5.73. The van der Waals surface area contributed by atoms with E-state index in [0.717, 1.165) is 53.2 Å². The van der Waals surface area contributed by atoms with Crippen molar-refractivity contribution in [2.24, 2.45) is 5.41 Å². The number of nitrogens with two attached hydrogens (primary N) is 1. The van der Waals surface area contributed by atoms with Crippen LogP contribution in [0.3, 0.4) is 0 Å². The molecule has 2 saturated heterocycles. The molecule has 0 saturated carbocycles. The van der Waals surface area contributed by atoms with Gasteiger partial charge in [0.2, 0.25) is 17.7 Å². The summed E-state index contributed by atoms with van der Waals surface area (Å²) in [6, 6.07) is 19.9. The first-order valence-electron chi connectivity index (χ1n) is 20.5. The normalized spacial score (nSPS) is 17.3. The lowest BCUT2D eigenvalue weighted by atomic mass is 9.85. The van der Waals surface area contributed by atoms with Crippen LogP contribution in [0.1, 0.15) is 82.2 Å². The molecule has 0 spiro atoms. The molecule has 14 heteroatoms. The second-order valence-corrected chi connectivity index (χ2v) is 17.9. The van der Waals surface area contributed by atoms with Crippen LogP contribution in [0.5, 0.6) is 5.75 Å². The monoisotopic (exact) mass is 832 g/mol. The summed E-state index contributed by atoms with van der Waals surface area (Å²) in [5, 5.41) is 24.6. The Kier molecular flexibility index (Phi) is 12.6. The van der Waals surface area contributed by atoms with E-state index >= 15 is 0 Å². The van der Waals surface area contributed by atoms with Crippen molar-refractivity contribution in [1.29, 1.82) is 0 Å². The van der Waals surface area contributed by atoms with Crippen LogP contribution in [0.15, 0.2) is 78.3 Å². The van der Waals surface area contributed by atoms with Gasteiger partial charge in [-0.2, -0.15) is 0 Å². The number of thiazole rings is 1. The predicted octanol–water partition coefficient (Wildman–Crippen LogP) is 7.25. The first kappa shape index (κ1) is 42.4. The standard InChI is InChI=1S/C46H53FN8O4S/c1-27(29-8-14-33(15-9-29)41-28(2)49-26-60-41)50-44(58)38-7-6-20-55(38)45(59)42(46(3,4)5)51-40(57)25-54-21-18-31(19-22-54)30-10-12-32(13-11-30)35-24-37(52-53-43(35)48)36-23-34(47)16-17-39(36)56/h8-17,23-24,26-27,31,38,42,56H,6-7,18-22,25H2,1-5H3,(H2,48,53)(H,50,58)(H,51,57). The fourth-order valence-corrected chi connectivity index (χ4v) is 9.07. The quantitative estimate of drug-likeness (QED) is 0.107. The van der Waals surface area contributed by atoms with Gasteiger partial charge in [0.05, 0.1) is 34.4 Å². The Morgan fingerprint density at radius 2 is 1.62 bits per heavy atom. The molecule has 3 atom stereocenters. The smallest absolute Gasteiger partial charge is 0.246 e. The van der Waals surface area contributed by atoms with Gasteiger partial charge in [-0.25, -0.2) is 9.37 Å². The second-order valence-electron chi connectivity index (χ2n) is 17.0. The largest absolute Gasteiger partial charge is 0.507 e. The number of carbonyl (C=O) groups is 3. The van der Waals surface area contributed by atoms with E-state index < -0.39 is 23.3 Å². The number of rotatable bonds is 11. The zero-order valence-corrected chi connectivity index (χ0v) is 35.6. The molecule has 3 aromatic carbocycles. The van der Waals surface area contributed by atoms with Gasteiger partial charge in [-0.05, 0) is 110 Å². The summed E-state index contributed by atoms with van der Waals surface area (Å²) < 4.78 is 13.9. The first-order chi connectivity index (χ1) is 28.7. The number of hydrogen-bond acceptors (Lipinski definition) is 10. The van der Waals surface area contributed by atoms with Crippen molar-refractivity contribution in [3.8, 4) is 38.6 Å². The van der Waals surface area contributed by atoms with Crippen molar-refractivity contribution in [2.75, 3.05) is 31.9 Å². The van der Waals surface area contributed by atoms with Crippen molar-refractivity contribution in [1.82, 2.24) is 35.6 Å². The minimum absolute atomic E-state index is 0.105. The summed E-state index contributed by atoms with van der Waals surface area (Å²) >= 11 is 1.60. The maximum absolute atomic E-state index is 14.2. The van der Waals surface area contributed by atoms with Crippen molar-refractivity contribution < 1.29 is 23.9 Å². The van der Waals surface area contributed by atoms with Gasteiger partial charge in [0.25, 0.3) is 0 Å². The third-order valence-electron chi connectivity index (χ3n) is 11.7. The fourth-order valence-electron chi connectivity index (χ4n) is 8.26. The Balaban J connectivity index is 0.921. The number of carbonyl (C=O) groups excluding carboxylic acids is 3. The molecule has 7 rings (SSSR count). The third-order valence-corrected chi connectivity index (χ3v) is 12.7. The molecule has 5 aromatic rings. The highest BCUT2D eigenvalue weighted by Gasteiger charge is 2.42. The van der Waals surface area contributed by atoms with Crippen LogP contribution in [-0.4, -0.2) is 86.1 Å². The van der Waals surface area contributed by atoms with E-state index in [9.17, 15) is 23.9 Å². The Bertz CT molecular complexity index is 2340. The summed E-state index contributed by atoms with van der Waals surface area (Å²) in [6.45, 7) is 11.8. The maximum atomic E-state index is 14.2. The van der Waals surface area contributed by atoms with Crippen LogP contribution in [-0.2, 0) is 14.4 Å². The van der Waals surface area contributed by atoms with E-state index in [1.807, 2.05) is 76.5 Å². The number of aromatic hydroxyl groups is 1. The zero-order chi connectivity index (χ0) is 42.7. The minimum Gasteiger partial charge on any atom is -0.507 e. The van der Waals surface area contributed by atoms with E-state index in [1.54, 1.807) is 22.3 Å². The molecule has 0 radical (unpaired) electrons. The molecule has 60 heavy (non-hydrogen) atoms. The minimum atomic E-state index is -0.796. The maximum Gasteiger partial charge on any atom is 0.246 e. The number of piperidine rings is 1. The molecule has 0 aliphatic carbocycles. The van der Waals surface area contributed by atoms with Gasteiger partial charge in [0.15, 0.2) is 5.82 Å². The first-order valence-corrected chi connectivity index (χ1v) is 21.4. The van der Waals surface area contributed by atoms with E-state index in [-0.39, 0.29) is 47.4 Å². The number of nitrogens with one attached hydrogen (secondary N) is 2. The van der Waals surface area contributed by atoms with Crippen LogP contribution >= 0.6 is 11.3 Å². The van der Waals surface area contributed by atoms with Gasteiger partial charge < -0.3 is 26.4 Å². The number of anilines is 1. The van der Waals surface area contributed by atoms with E-state index in [1.165, 1.54) is 23.8 Å². The summed E-state index contributed by atoms with van der Waals surface area (Å²) in [7, 11) is 0. The molecular weight excluding hydrogens is 780 g/mol. The highest BCUT2D eigenvalue weighted by Crippen LogP contribution is 2.35. The number of phenolic OH excluding ortho intramolecular Hbond substituents is 1. The van der Waals surface area contributed by atoms with Gasteiger partial charge in [0.1, 0.15) is 23.7 Å². The second kappa shape index (κ2) is 17.9. The van der Waals surface area contributed by atoms with Gasteiger partial charge in [-0.15, -0.1) is 21.5 Å². The fraction of sp³-hybridized carbons (Fsp3) is 0.391. The summed E-state index contributed by atoms with van der Waals surface area (Å²) in [5.74, 6) is -0.728. The molecule has 3 unspecified atom stereocenters. The summed E-state index contributed by atoms with van der Waals surface area (Å²) in [5.41, 5.74) is 13.6. The van der Waals surface area contributed by atoms with Crippen molar-refractivity contribution >= 4 is 34.9 Å². The highest BCUT2D eigenvalue weighted by atomic mass is 32.1. The molecule has 2 aliphatic heterocycles. The summed E-state index contributed by atoms with van der Waals surface area (Å²) in [4.78, 5) is 50.7. The Morgan fingerprint density at radius 1 is 0.917 bits per heavy atom. The molecular formula is C46H53FN8O4S. The van der Waals surface area contributed by atoms with Gasteiger partial charge in [-0.1, -0.05) is 69.3 Å². The van der Waals surface area contributed by atoms with Crippen LogP contribution in [0.25, 0.3) is 32.8 Å². The van der Waals surface area contributed by atoms with E-state index in [2.05, 4.69) is 42.8 Å². The third kappa shape index (κ3) is 9.50. The lowest BCUT2D eigenvalue weighted by Crippen LogP contribution is -2.58. The molecule has 314 valence electrons. The van der Waals surface area contributed by atoms with Gasteiger partial charge >= 0.3 is 0 Å². The number of benzene rings is 3. The number of halogens is 1. The zero-order valence-electron chi connectivity index (χ0n) is 34.7. The van der Waals surface area contributed by atoms with Crippen molar-refractivity contribution in [2.45, 2.75) is 84.3 Å². The Morgan fingerprint density at radius 3 is 2.28 bits per heavy atom. The Labute approximate surface area is 354 Å². The van der Waals surface area contributed by atoms with E-state index in [4.69, 9.17) is 5.73 Å². The lowest BCUT2D eigenvalue weighted by Gasteiger charge is -2.36. The molecule has 2 aromatic heterocycles. The number of amides is 3. The lowest BCUT2D eigenvalue weighted by molar-refractivity contribution is -0.144.